The molecule has 4 heteroatoms. The highest BCUT2D eigenvalue weighted by Gasteiger charge is 2.49. The van der Waals surface area contributed by atoms with Crippen LogP contribution in [0.3, 0.4) is 0 Å². The highest BCUT2D eigenvalue weighted by molar-refractivity contribution is 5.37. The van der Waals surface area contributed by atoms with Gasteiger partial charge in [0, 0.05) is 38.3 Å². The lowest BCUT2D eigenvalue weighted by molar-refractivity contribution is -0.0650. The molecule has 2 aromatic carbocycles. The van der Waals surface area contributed by atoms with Gasteiger partial charge in [0.2, 0.25) is 0 Å². The number of rotatable bonds is 6. The van der Waals surface area contributed by atoms with Crippen LogP contribution in [0.2, 0.25) is 0 Å². The van der Waals surface area contributed by atoms with Crippen molar-refractivity contribution in [3.8, 4) is 5.75 Å². The van der Waals surface area contributed by atoms with Gasteiger partial charge in [0.15, 0.2) is 0 Å². The first-order chi connectivity index (χ1) is 16.5. The van der Waals surface area contributed by atoms with Crippen molar-refractivity contribution in [3.05, 3.63) is 64.7 Å². The van der Waals surface area contributed by atoms with Crippen molar-refractivity contribution in [1.29, 1.82) is 0 Å². The van der Waals surface area contributed by atoms with Crippen LogP contribution in [-0.4, -0.2) is 55.7 Å². The van der Waals surface area contributed by atoms with Crippen molar-refractivity contribution in [3.63, 3.8) is 0 Å². The minimum absolute atomic E-state index is 0.476. The van der Waals surface area contributed by atoms with Gasteiger partial charge in [0.25, 0.3) is 0 Å². The molecular formula is C30H43N3O. The zero-order valence-electron chi connectivity index (χ0n) is 21.6. The van der Waals surface area contributed by atoms with Crippen LogP contribution in [0.4, 0.5) is 0 Å². The fraction of sp³-hybridized carbons (Fsp3) is 0.600. The molecule has 2 aromatic rings. The van der Waals surface area contributed by atoms with Crippen LogP contribution in [0.25, 0.3) is 0 Å². The standard InChI is InChI=1S/C30H43N3O/c1-22(2)26-7-5-6-8-27(26)28-21-32(20-24-10-9-23(3)29(17-24)34-4)15-16-33(28)25-18-30(19-25)11-13-31-14-12-30/h5-10,17,22,25,28,31H,11-16,18-21H2,1-4H3/t28-/m0/s1. The minimum atomic E-state index is 0.476. The zero-order valence-corrected chi connectivity index (χ0v) is 21.6. The largest absolute Gasteiger partial charge is 0.496 e. The number of hydrogen-bond acceptors (Lipinski definition) is 4. The second-order valence-electron chi connectivity index (χ2n) is 11.4. The fourth-order valence-corrected chi connectivity index (χ4v) is 6.81. The summed E-state index contributed by atoms with van der Waals surface area (Å²) in [4.78, 5) is 5.56. The van der Waals surface area contributed by atoms with Crippen LogP contribution in [0.5, 0.6) is 5.75 Å². The van der Waals surface area contributed by atoms with Gasteiger partial charge < -0.3 is 10.1 Å². The quantitative estimate of drug-likeness (QED) is 0.613. The molecular weight excluding hydrogens is 418 g/mol. The van der Waals surface area contributed by atoms with Gasteiger partial charge in [-0.3, -0.25) is 9.80 Å². The van der Waals surface area contributed by atoms with Crippen LogP contribution in [0, 0.1) is 12.3 Å². The molecule has 2 heterocycles. The van der Waals surface area contributed by atoms with Crippen LogP contribution in [0.1, 0.15) is 73.7 Å². The molecule has 0 radical (unpaired) electrons. The highest BCUT2D eigenvalue weighted by atomic mass is 16.5. The molecule has 0 aromatic heterocycles. The third-order valence-corrected chi connectivity index (χ3v) is 8.83. The average Bonchev–Trinajstić information content (AvgIpc) is 2.84. The molecule has 3 aliphatic rings. The number of aryl methyl sites for hydroxylation is 1. The number of benzene rings is 2. The van der Waals surface area contributed by atoms with E-state index in [0.717, 1.165) is 31.4 Å². The highest BCUT2D eigenvalue weighted by Crippen LogP contribution is 2.52. The summed E-state index contributed by atoms with van der Waals surface area (Å²) in [7, 11) is 1.78. The Kier molecular flexibility index (Phi) is 7.02. The van der Waals surface area contributed by atoms with Crippen molar-refractivity contribution >= 4 is 0 Å². The molecule has 1 atom stereocenters. The molecule has 2 saturated heterocycles. The molecule has 1 aliphatic carbocycles. The van der Waals surface area contributed by atoms with Crippen LogP contribution >= 0.6 is 0 Å². The number of piperidine rings is 1. The first-order valence-electron chi connectivity index (χ1n) is 13.4. The van der Waals surface area contributed by atoms with Crippen LogP contribution in [0.15, 0.2) is 42.5 Å². The van der Waals surface area contributed by atoms with Gasteiger partial charge in [-0.1, -0.05) is 50.2 Å². The maximum atomic E-state index is 5.60. The molecule has 184 valence electrons. The monoisotopic (exact) mass is 461 g/mol. The Labute approximate surface area is 206 Å². The lowest BCUT2D eigenvalue weighted by atomic mass is 9.60. The summed E-state index contributed by atoms with van der Waals surface area (Å²) < 4.78 is 5.60. The second-order valence-corrected chi connectivity index (χ2v) is 11.4. The molecule has 3 fully saturated rings. The molecule has 5 rings (SSSR count). The molecule has 34 heavy (non-hydrogen) atoms. The Morgan fingerprint density at radius 2 is 1.82 bits per heavy atom. The third kappa shape index (κ3) is 4.78. The van der Waals surface area contributed by atoms with Gasteiger partial charge in [0.05, 0.1) is 7.11 Å². The van der Waals surface area contributed by atoms with Gasteiger partial charge in [0.1, 0.15) is 5.75 Å². The third-order valence-electron chi connectivity index (χ3n) is 8.83. The number of nitrogens with one attached hydrogen (secondary N) is 1. The van der Waals surface area contributed by atoms with E-state index in [1.807, 2.05) is 0 Å². The second kappa shape index (κ2) is 10.0. The maximum Gasteiger partial charge on any atom is 0.122 e. The lowest BCUT2D eigenvalue weighted by Gasteiger charge is -2.57. The summed E-state index contributed by atoms with van der Waals surface area (Å²) in [5.41, 5.74) is 6.25. The van der Waals surface area contributed by atoms with Crippen molar-refractivity contribution in [2.24, 2.45) is 5.41 Å². The van der Waals surface area contributed by atoms with Gasteiger partial charge in [-0.2, -0.15) is 0 Å². The Balaban J connectivity index is 1.37. The van der Waals surface area contributed by atoms with E-state index in [9.17, 15) is 0 Å². The summed E-state index contributed by atoms with van der Waals surface area (Å²) in [5, 5.41) is 3.57. The van der Waals surface area contributed by atoms with Gasteiger partial charge in [-0.15, -0.1) is 0 Å². The van der Waals surface area contributed by atoms with E-state index in [1.54, 1.807) is 12.7 Å². The number of methoxy groups -OCH3 is 1. The topological polar surface area (TPSA) is 27.7 Å². The molecule has 4 nitrogen and oxygen atoms in total. The number of ether oxygens (including phenoxy) is 1. The predicted octanol–water partition coefficient (Wildman–Crippen LogP) is 5.52. The smallest absolute Gasteiger partial charge is 0.122 e. The molecule has 1 spiro atoms. The average molecular weight is 462 g/mol. The summed E-state index contributed by atoms with van der Waals surface area (Å²) in [6, 6.07) is 17.1. The Morgan fingerprint density at radius 1 is 1.06 bits per heavy atom. The van der Waals surface area contributed by atoms with Crippen LogP contribution in [-0.2, 0) is 6.54 Å². The fourth-order valence-electron chi connectivity index (χ4n) is 6.81. The predicted molar refractivity (Wildman–Crippen MR) is 141 cm³/mol. The van der Waals surface area contributed by atoms with E-state index in [-0.39, 0.29) is 0 Å². The molecule has 2 aliphatic heterocycles. The van der Waals surface area contributed by atoms with E-state index in [0.29, 0.717) is 17.4 Å². The van der Waals surface area contributed by atoms with Crippen molar-refractivity contribution in [2.45, 2.75) is 71.0 Å². The van der Waals surface area contributed by atoms with E-state index in [4.69, 9.17) is 4.74 Å². The molecule has 0 bridgehead atoms. The van der Waals surface area contributed by atoms with E-state index in [1.165, 1.54) is 62.0 Å². The summed E-state index contributed by atoms with van der Waals surface area (Å²) >= 11 is 0. The summed E-state index contributed by atoms with van der Waals surface area (Å²) in [6.07, 6.45) is 5.52. The zero-order chi connectivity index (χ0) is 23.7. The Hall–Kier alpha value is -1.88. The first-order valence-corrected chi connectivity index (χ1v) is 13.4. The van der Waals surface area contributed by atoms with Crippen LogP contribution < -0.4 is 10.1 Å². The van der Waals surface area contributed by atoms with E-state index in [2.05, 4.69) is 78.4 Å². The van der Waals surface area contributed by atoms with Crippen molar-refractivity contribution in [1.82, 2.24) is 15.1 Å². The summed E-state index contributed by atoms with van der Waals surface area (Å²) in [5.74, 6) is 1.55. The van der Waals surface area contributed by atoms with Gasteiger partial charge in [-0.25, -0.2) is 0 Å². The van der Waals surface area contributed by atoms with E-state index < -0.39 is 0 Å². The molecule has 0 unspecified atom stereocenters. The van der Waals surface area contributed by atoms with E-state index >= 15 is 0 Å². The van der Waals surface area contributed by atoms with Gasteiger partial charge in [-0.05, 0) is 85.3 Å². The Bertz CT molecular complexity index is 973. The number of nitrogens with zero attached hydrogens (tertiary/aromatic N) is 2. The normalized spacial score (nSPS) is 23.9. The lowest BCUT2D eigenvalue weighted by Crippen LogP contribution is -2.59. The maximum absolute atomic E-state index is 5.60. The Morgan fingerprint density at radius 3 is 2.56 bits per heavy atom. The molecule has 0 amide bonds. The first kappa shape index (κ1) is 23.8. The van der Waals surface area contributed by atoms with Gasteiger partial charge >= 0.3 is 0 Å². The number of piperazine rings is 1. The minimum Gasteiger partial charge on any atom is -0.496 e. The molecule has 1 N–H and O–H groups in total. The van der Waals surface area contributed by atoms with Crippen molar-refractivity contribution in [2.75, 3.05) is 39.8 Å². The van der Waals surface area contributed by atoms with Crippen molar-refractivity contribution < 1.29 is 4.74 Å². The SMILES string of the molecule is COc1cc(CN2CCN(C3CC4(CCNCC4)C3)[C@H](c3ccccc3C(C)C)C2)ccc1C. The summed E-state index contributed by atoms with van der Waals surface area (Å²) in [6.45, 7) is 13.6. The number of hydrogen-bond donors (Lipinski definition) is 1. The molecule has 1 saturated carbocycles.